The Bertz CT molecular complexity index is 889. The summed E-state index contributed by atoms with van der Waals surface area (Å²) in [5.74, 6) is 1.51. The number of ether oxygens (including phenoxy) is 1. The molecule has 0 unspecified atom stereocenters. The van der Waals surface area contributed by atoms with Crippen molar-refractivity contribution >= 4 is 5.91 Å². The van der Waals surface area contributed by atoms with Crippen LogP contribution in [-0.2, 0) is 11.2 Å². The third kappa shape index (κ3) is 4.94. The lowest BCUT2D eigenvalue weighted by Gasteiger charge is -2.14. The molecule has 5 nitrogen and oxygen atoms in total. The quantitative estimate of drug-likeness (QED) is 0.675. The van der Waals surface area contributed by atoms with Crippen molar-refractivity contribution < 1.29 is 18.3 Å². The molecule has 2 aromatic carbocycles. The number of aryl methyl sites for hydroxylation is 1. The highest BCUT2D eigenvalue weighted by Crippen LogP contribution is 2.23. The number of oxazole rings is 1. The number of carbonyl (C=O) groups excluding carboxylic acids is 1. The van der Waals surface area contributed by atoms with Gasteiger partial charge in [0, 0.05) is 18.4 Å². The van der Waals surface area contributed by atoms with Gasteiger partial charge in [0.15, 0.2) is 11.7 Å². The molecule has 1 heterocycles. The van der Waals surface area contributed by atoms with Gasteiger partial charge in [-0.25, -0.2) is 9.37 Å². The summed E-state index contributed by atoms with van der Waals surface area (Å²) in [5.41, 5.74) is 1.74. The number of rotatable bonds is 7. The van der Waals surface area contributed by atoms with Crippen molar-refractivity contribution in [1.29, 1.82) is 0 Å². The molecule has 1 atom stereocenters. The van der Waals surface area contributed by atoms with Crippen LogP contribution in [0.25, 0.3) is 11.3 Å². The smallest absolute Gasteiger partial charge is 0.220 e. The van der Waals surface area contributed by atoms with Gasteiger partial charge in [0.1, 0.15) is 11.6 Å². The van der Waals surface area contributed by atoms with Crippen LogP contribution in [0.4, 0.5) is 4.39 Å². The lowest BCUT2D eigenvalue weighted by atomic mass is 10.1. The van der Waals surface area contributed by atoms with Gasteiger partial charge in [-0.2, -0.15) is 0 Å². The number of carbonyl (C=O) groups is 1. The van der Waals surface area contributed by atoms with E-state index in [1.54, 1.807) is 25.4 Å². The second-order valence-corrected chi connectivity index (χ2v) is 6.19. The number of aromatic nitrogens is 1. The number of methoxy groups -OCH3 is 1. The average molecular weight is 368 g/mol. The predicted molar refractivity (Wildman–Crippen MR) is 99.8 cm³/mol. The molecular formula is C21H21FN2O3. The SMILES string of the molecule is COc1ccc(-c2cnc(CCC(=O)N[C@@H](C)c3ccc(F)cc3)o2)cc1. The van der Waals surface area contributed by atoms with Gasteiger partial charge in [-0.05, 0) is 48.9 Å². The highest BCUT2D eigenvalue weighted by molar-refractivity contribution is 5.76. The van der Waals surface area contributed by atoms with E-state index >= 15 is 0 Å². The summed E-state index contributed by atoms with van der Waals surface area (Å²) in [6.07, 6.45) is 2.31. The van der Waals surface area contributed by atoms with E-state index in [4.69, 9.17) is 9.15 Å². The Hall–Kier alpha value is -3.15. The van der Waals surface area contributed by atoms with E-state index in [1.807, 2.05) is 31.2 Å². The molecule has 0 aliphatic carbocycles. The molecule has 0 fully saturated rings. The van der Waals surface area contributed by atoms with Crippen LogP contribution in [0.5, 0.6) is 5.75 Å². The van der Waals surface area contributed by atoms with Gasteiger partial charge >= 0.3 is 0 Å². The molecule has 1 aromatic heterocycles. The van der Waals surface area contributed by atoms with Gasteiger partial charge in [-0.15, -0.1) is 0 Å². The van der Waals surface area contributed by atoms with E-state index in [0.717, 1.165) is 16.9 Å². The van der Waals surface area contributed by atoms with Crippen molar-refractivity contribution in [3.63, 3.8) is 0 Å². The van der Waals surface area contributed by atoms with Crippen LogP contribution in [0.15, 0.2) is 59.1 Å². The highest BCUT2D eigenvalue weighted by Gasteiger charge is 2.12. The first kappa shape index (κ1) is 18.6. The van der Waals surface area contributed by atoms with Gasteiger partial charge in [-0.3, -0.25) is 4.79 Å². The maximum absolute atomic E-state index is 13.0. The van der Waals surface area contributed by atoms with Crippen LogP contribution in [0.3, 0.4) is 0 Å². The summed E-state index contributed by atoms with van der Waals surface area (Å²) in [7, 11) is 1.61. The Labute approximate surface area is 157 Å². The first-order valence-electron chi connectivity index (χ1n) is 8.69. The maximum Gasteiger partial charge on any atom is 0.220 e. The first-order chi connectivity index (χ1) is 13.0. The third-order valence-electron chi connectivity index (χ3n) is 4.24. The molecule has 0 saturated heterocycles. The molecule has 3 aromatic rings. The molecule has 0 aliphatic rings. The minimum Gasteiger partial charge on any atom is -0.497 e. The van der Waals surface area contributed by atoms with Crippen LogP contribution < -0.4 is 10.1 Å². The molecule has 1 N–H and O–H groups in total. The maximum atomic E-state index is 13.0. The molecule has 140 valence electrons. The minimum absolute atomic E-state index is 0.115. The zero-order chi connectivity index (χ0) is 19.2. The van der Waals surface area contributed by atoms with Crippen LogP contribution in [0.1, 0.15) is 30.8 Å². The van der Waals surface area contributed by atoms with Crippen LogP contribution in [0, 0.1) is 5.82 Å². The van der Waals surface area contributed by atoms with E-state index in [9.17, 15) is 9.18 Å². The summed E-state index contributed by atoms with van der Waals surface area (Å²) >= 11 is 0. The van der Waals surface area contributed by atoms with E-state index in [2.05, 4.69) is 10.3 Å². The van der Waals surface area contributed by atoms with E-state index in [1.165, 1.54) is 12.1 Å². The molecule has 3 rings (SSSR count). The Morgan fingerprint density at radius 2 is 1.89 bits per heavy atom. The summed E-state index contributed by atoms with van der Waals surface area (Å²) in [6, 6.07) is 13.4. The minimum atomic E-state index is -0.297. The zero-order valence-corrected chi connectivity index (χ0v) is 15.2. The lowest BCUT2D eigenvalue weighted by Crippen LogP contribution is -2.26. The summed E-state index contributed by atoms with van der Waals surface area (Å²) < 4.78 is 23.8. The summed E-state index contributed by atoms with van der Waals surface area (Å²) in [5, 5.41) is 2.89. The van der Waals surface area contributed by atoms with Gasteiger partial charge in [-0.1, -0.05) is 12.1 Å². The van der Waals surface area contributed by atoms with Crippen molar-refractivity contribution in [2.75, 3.05) is 7.11 Å². The molecule has 27 heavy (non-hydrogen) atoms. The Kier molecular flexibility index (Phi) is 5.86. The van der Waals surface area contributed by atoms with Crippen molar-refractivity contribution in [1.82, 2.24) is 10.3 Å². The molecule has 0 aliphatic heterocycles. The normalized spacial score (nSPS) is 11.8. The Morgan fingerprint density at radius 3 is 2.56 bits per heavy atom. The molecule has 0 radical (unpaired) electrons. The summed E-state index contributed by atoms with van der Waals surface area (Å²) in [4.78, 5) is 16.4. The number of hydrogen-bond acceptors (Lipinski definition) is 4. The first-order valence-corrected chi connectivity index (χ1v) is 8.69. The number of amides is 1. The number of hydrogen-bond donors (Lipinski definition) is 1. The van der Waals surface area contributed by atoms with E-state index < -0.39 is 0 Å². The number of halogens is 1. The predicted octanol–water partition coefficient (Wildman–Crippen LogP) is 4.30. The Balaban J connectivity index is 1.53. The van der Waals surface area contributed by atoms with E-state index in [0.29, 0.717) is 18.1 Å². The van der Waals surface area contributed by atoms with Crippen LogP contribution >= 0.6 is 0 Å². The van der Waals surface area contributed by atoms with Crippen molar-refractivity contribution in [3.05, 3.63) is 72.0 Å². The fraction of sp³-hybridized carbons (Fsp3) is 0.238. The van der Waals surface area contributed by atoms with Gasteiger partial charge < -0.3 is 14.5 Å². The van der Waals surface area contributed by atoms with Gasteiger partial charge in [0.2, 0.25) is 5.91 Å². The molecule has 6 heteroatoms. The molecular weight excluding hydrogens is 347 g/mol. The van der Waals surface area contributed by atoms with Crippen molar-refractivity contribution in [2.24, 2.45) is 0 Å². The van der Waals surface area contributed by atoms with Crippen molar-refractivity contribution in [2.45, 2.75) is 25.8 Å². The number of nitrogens with zero attached hydrogens (tertiary/aromatic N) is 1. The van der Waals surface area contributed by atoms with Crippen LogP contribution in [0.2, 0.25) is 0 Å². The average Bonchev–Trinajstić information content (AvgIpc) is 3.16. The zero-order valence-electron chi connectivity index (χ0n) is 15.2. The van der Waals surface area contributed by atoms with Crippen molar-refractivity contribution in [3.8, 4) is 17.1 Å². The molecule has 0 bridgehead atoms. The third-order valence-corrected chi connectivity index (χ3v) is 4.24. The second kappa shape index (κ2) is 8.49. The summed E-state index contributed by atoms with van der Waals surface area (Å²) in [6.45, 7) is 1.86. The lowest BCUT2D eigenvalue weighted by molar-refractivity contribution is -0.121. The fourth-order valence-corrected chi connectivity index (χ4v) is 2.68. The Morgan fingerprint density at radius 1 is 1.19 bits per heavy atom. The molecule has 1 amide bonds. The van der Waals surface area contributed by atoms with Gasteiger partial charge in [0.05, 0.1) is 19.3 Å². The topological polar surface area (TPSA) is 64.4 Å². The monoisotopic (exact) mass is 368 g/mol. The highest BCUT2D eigenvalue weighted by atomic mass is 19.1. The molecule has 0 saturated carbocycles. The fourth-order valence-electron chi connectivity index (χ4n) is 2.68. The largest absolute Gasteiger partial charge is 0.497 e. The van der Waals surface area contributed by atoms with Crippen LogP contribution in [-0.4, -0.2) is 18.0 Å². The number of nitrogens with one attached hydrogen (secondary N) is 1. The standard InChI is InChI=1S/C21H21FN2O3/c1-14(15-3-7-17(22)8-4-15)24-20(25)11-12-21-23-13-19(27-21)16-5-9-18(26-2)10-6-16/h3-10,13-14H,11-12H2,1-2H3,(H,24,25)/t14-/m0/s1. The molecule has 0 spiro atoms. The van der Waals surface area contributed by atoms with Gasteiger partial charge in [0.25, 0.3) is 0 Å². The number of benzene rings is 2. The second-order valence-electron chi connectivity index (χ2n) is 6.19. The van der Waals surface area contributed by atoms with E-state index in [-0.39, 0.29) is 24.2 Å².